The first kappa shape index (κ1) is 18.8. The molecule has 0 bridgehead atoms. The van der Waals surface area contributed by atoms with Crippen LogP contribution in [0, 0.1) is 6.92 Å². The van der Waals surface area contributed by atoms with E-state index >= 15 is 0 Å². The normalized spacial score (nSPS) is 15.9. The molecule has 0 N–H and O–H groups in total. The van der Waals surface area contributed by atoms with E-state index in [9.17, 15) is 0 Å². The van der Waals surface area contributed by atoms with Gasteiger partial charge in [0.15, 0.2) is 11.5 Å². The molecule has 0 radical (unpaired) electrons. The summed E-state index contributed by atoms with van der Waals surface area (Å²) >= 11 is 0. The van der Waals surface area contributed by atoms with Gasteiger partial charge in [-0.1, -0.05) is 20.8 Å². The molecule has 8 nitrogen and oxygen atoms in total. The molecule has 0 aromatic carbocycles. The zero-order valence-electron chi connectivity index (χ0n) is 18.1. The molecule has 5 heterocycles. The molecule has 5 rings (SSSR count). The highest BCUT2D eigenvalue weighted by Crippen LogP contribution is 2.24. The molecule has 1 aliphatic rings. The summed E-state index contributed by atoms with van der Waals surface area (Å²) in [5, 5.41) is 9.38. The Morgan fingerprint density at radius 2 is 1.73 bits per heavy atom. The van der Waals surface area contributed by atoms with E-state index in [-0.39, 0.29) is 5.41 Å². The van der Waals surface area contributed by atoms with Gasteiger partial charge in [-0.2, -0.15) is 5.10 Å². The number of imidazole rings is 1. The molecule has 30 heavy (non-hydrogen) atoms. The monoisotopic (exact) mass is 404 g/mol. The molecule has 1 saturated heterocycles. The Labute approximate surface area is 176 Å². The second kappa shape index (κ2) is 6.97. The largest absolute Gasteiger partial charge is 0.353 e. The molecule has 1 fully saturated rings. The van der Waals surface area contributed by atoms with E-state index in [1.807, 2.05) is 28.3 Å². The Hall–Kier alpha value is -3.16. The SMILES string of the molecule is Cc1cc2c(N3CCCN(c4ccc5nc(C(C)(C)C)cn5n4)CC3)nccn2n1. The van der Waals surface area contributed by atoms with E-state index in [1.54, 1.807) is 0 Å². The van der Waals surface area contributed by atoms with E-state index in [0.717, 1.165) is 66.8 Å². The topological polar surface area (TPSA) is 66.9 Å². The molecule has 1 aliphatic heterocycles. The molecule has 0 spiro atoms. The van der Waals surface area contributed by atoms with Crippen molar-refractivity contribution in [2.24, 2.45) is 0 Å². The number of fused-ring (bicyclic) bond motifs is 2. The third-order valence-electron chi connectivity index (χ3n) is 5.69. The maximum atomic E-state index is 4.86. The molecule has 4 aromatic heterocycles. The van der Waals surface area contributed by atoms with Crippen LogP contribution in [0.2, 0.25) is 0 Å². The van der Waals surface area contributed by atoms with Gasteiger partial charge >= 0.3 is 0 Å². The van der Waals surface area contributed by atoms with E-state index < -0.39 is 0 Å². The molecule has 0 amide bonds. The number of aromatic nitrogens is 6. The van der Waals surface area contributed by atoms with Crippen molar-refractivity contribution in [1.29, 1.82) is 0 Å². The predicted octanol–water partition coefficient (Wildman–Crippen LogP) is 3.09. The Kier molecular flexibility index (Phi) is 4.38. The van der Waals surface area contributed by atoms with Crippen LogP contribution in [0.4, 0.5) is 11.6 Å². The van der Waals surface area contributed by atoms with Gasteiger partial charge in [0, 0.05) is 44.0 Å². The summed E-state index contributed by atoms with van der Waals surface area (Å²) in [5.41, 5.74) is 4.04. The van der Waals surface area contributed by atoms with Crippen LogP contribution in [0.3, 0.4) is 0 Å². The second-order valence-corrected chi connectivity index (χ2v) is 9.06. The summed E-state index contributed by atoms with van der Waals surface area (Å²) in [7, 11) is 0. The summed E-state index contributed by atoms with van der Waals surface area (Å²) in [4.78, 5) is 14.1. The fraction of sp³-hybridized carbons (Fsp3) is 0.455. The Morgan fingerprint density at radius 1 is 0.933 bits per heavy atom. The summed E-state index contributed by atoms with van der Waals surface area (Å²) in [6.45, 7) is 12.3. The Balaban J connectivity index is 1.39. The van der Waals surface area contributed by atoms with Crippen molar-refractivity contribution in [3.8, 4) is 0 Å². The number of rotatable bonds is 2. The van der Waals surface area contributed by atoms with Crippen LogP contribution < -0.4 is 9.80 Å². The quantitative estimate of drug-likeness (QED) is 0.511. The fourth-order valence-corrected chi connectivity index (χ4v) is 4.03. The lowest BCUT2D eigenvalue weighted by molar-refractivity contribution is 0.572. The number of aryl methyl sites for hydroxylation is 1. The molecule has 0 unspecified atom stereocenters. The minimum atomic E-state index is 0.0109. The lowest BCUT2D eigenvalue weighted by Gasteiger charge is -2.23. The number of nitrogens with zero attached hydrogens (tertiary/aromatic N) is 8. The highest BCUT2D eigenvalue weighted by Gasteiger charge is 2.21. The van der Waals surface area contributed by atoms with Crippen molar-refractivity contribution in [3.05, 3.63) is 48.2 Å². The molecule has 8 heteroatoms. The first-order valence-corrected chi connectivity index (χ1v) is 10.6. The summed E-state index contributed by atoms with van der Waals surface area (Å²) in [5.74, 6) is 2.00. The minimum absolute atomic E-state index is 0.0109. The van der Waals surface area contributed by atoms with Crippen molar-refractivity contribution < 1.29 is 0 Å². The van der Waals surface area contributed by atoms with Gasteiger partial charge in [0.05, 0.1) is 17.6 Å². The fourth-order valence-electron chi connectivity index (χ4n) is 4.03. The molecule has 156 valence electrons. The first-order chi connectivity index (χ1) is 14.4. The highest BCUT2D eigenvalue weighted by molar-refractivity contribution is 5.69. The van der Waals surface area contributed by atoms with Gasteiger partial charge < -0.3 is 9.80 Å². The van der Waals surface area contributed by atoms with Crippen LogP contribution >= 0.6 is 0 Å². The van der Waals surface area contributed by atoms with Crippen LogP contribution in [0.15, 0.2) is 36.8 Å². The molecule has 0 atom stereocenters. The smallest absolute Gasteiger partial charge is 0.154 e. The van der Waals surface area contributed by atoms with Gasteiger partial charge in [-0.15, -0.1) is 5.10 Å². The summed E-state index contributed by atoms with van der Waals surface area (Å²) in [6.07, 6.45) is 6.84. The van der Waals surface area contributed by atoms with Gasteiger partial charge in [0.25, 0.3) is 0 Å². The van der Waals surface area contributed by atoms with Crippen LogP contribution in [-0.2, 0) is 5.41 Å². The zero-order chi connectivity index (χ0) is 20.9. The zero-order valence-corrected chi connectivity index (χ0v) is 18.1. The van der Waals surface area contributed by atoms with Gasteiger partial charge in [-0.25, -0.2) is 19.0 Å². The maximum Gasteiger partial charge on any atom is 0.154 e. The lowest BCUT2D eigenvalue weighted by Crippen LogP contribution is -2.32. The Morgan fingerprint density at radius 3 is 2.57 bits per heavy atom. The highest BCUT2D eigenvalue weighted by atomic mass is 15.3. The van der Waals surface area contributed by atoms with E-state index in [2.05, 4.69) is 65.0 Å². The summed E-state index contributed by atoms with van der Waals surface area (Å²) < 4.78 is 3.83. The van der Waals surface area contributed by atoms with Crippen molar-refractivity contribution >= 4 is 22.8 Å². The molecular formula is C22H28N8. The van der Waals surface area contributed by atoms with Crippen LogP contribution in [0.5, 0.6) is 0 Å². The van der Waals surface area contributed by atoms with Crippen molar-refractivity contribution in [2.75, 3.05) is 36.0 Å². The van der Waals surface area contributed by atoms with Gasteiger partial charge in [-0.3, -0.25) is 0 Å². The molecule has 0 saturated carbocycles. The van der Waals surface area contributed by atoms with Crippen LogP contribution in [0.25, 0.3) is 11.2 Å². The number of hydrogen-bond acceptors (Lipinski definition) is 6. The molecule has 0 aliphatic carbocycles. The number of anilines is 2. The average Bonchev–Trinajstić information content (AvgIpc) is 3.22. The van der Waals surface area contributed by atoms with Gasteiger partial charge in [0.2, 0.25) is 0 Å². The van der Waals surface area contributed by atoms with Crippen LogP contribution in [0.1, 0.15) is 38.6 Å². The van der Waals surface area contributed by atoms with E-state index in [0.29, 0.717) is 0 Å². The second-order valence-electron chi connectivity index (χ2n) is 9.06. The Bertz CT molecular complexity index is 1200. The van der Waals surface area contributed by atoms with Crippen molar-refractivity contribution in [3.63, 3.8) is 0 Å². The third kappa shape index (κ3) is 3.36. The first-order valence-electron chi connectivity index (χ1n) is 10.6. The third-order valence-corrected chi connectivity index (χ3v) is 5.69. The average molecular weight is 405 g/mol. The van der Waals surface area contributed by atoms with E-state index in [4.69, 9.17) is 10.1 Å². The van der Waals surface area contributed by atoms with Crippen molar-refractivity contribution in [1.82, 2.24) is 29.2 Å². The van der Waals surface area contributed by atoms with Crippen molar-refractivity contribution in [2.45, 2.75) is 39.5 Å². The van der Waals surface area contributed by atoms with Crippen LogP contribution in [-0.4, -0.2) is 55.4 Å². The lowest BCUT2D eigenvalue weighted by atomic mass is 9.93. The maximum absolute atomic E-state index is 4.86. The molecular weight excluding hydrogens is 376 g/mol. The summed E-state index contributed by atoms with van der Waals surface area (Å²) in [6, 6.07) is 6.26. The van der Waals surface area contributed by atoms with E-state index in [1.165, 1.54) is 0 Å². The standard InChI is InChI=1S/C22H28N8/c1-16-14-17-21(23-8-11-29(17)25-16)28-10-5-9-27(12-13-28)20-7-6-19-24-18(22(2,3)4)15-30(19)26-20/h6-8,11,14-15H,5,9-10,12-13H2,1-4H3. The van der Waals surface area contributed by atoms with Gasteiger partial charge in [0.1, 0.15) is 11.3 Å². The minimum Gasteiger partial charge on any atom is -0.353 e. The molecule has 4 aromatic rings. The number of hydrogen-bond donors (Lipinski definition) is 0. The van der Waals surface area contributed by atoms with Gasteiger partial charge in [-0.05, 0) is 31.5 Å². The predicted molar refractivity (Wildman–Crippen MR) is 118 cm³/mol.